The highest BCUT2D eigenvalue weighted by molar-refractivity contribution is 4.91. The molecule has 0 saturated heterocycles. The van der Waals surface area contributed by atoms with E-state index in [4.69, 9.17) is 9.47 Å². The zero-order valence-corrected chi connectivity index (χ0v) is 4.54. The number of ether oxygens (including phenoxy) is 2. The molecule has 0 aromatic carbocycles. The molecule has 44 valence electrons. The summed E-state index contributed by atoms with van der Waals surface area (Å²) in [5.74, 6) is 0. The molecular formula is C6H8O2. The summed E-state index contributed by atoms with van der Waals surface area (Å²) >= 11 is 0. The second-order valence-corrected chi connectivity index (χ2v) is 1.43. The van der Waals surface area contributed by atoms with E-state index in [2.05, 4.69) is 6.58 Å². The van der Waals surface area contributed by atoms with Gasteiger partial charge in [0.05, 0.1) is 12.9 Å². The van der Waals surface area contributed by atoms with E-state index in [1.807, 2.05) is 12.2 Å². The lowest BCUT2D eigenvalue weighted by Gasteiger charge is -2.04. The first-order valence-electron chi connectivity index (χ1n) is 2.48. The van der Waals surface area contributed by atoms with E-state index in [1.54, 1.807) is 0 Å². The van der Waals surface area contributed by atoms with E-state index >= 15 is 0 Å². The highest BCUT2D eigenvalue weighted by atomic mass is 16.7. The minimum atomic E-state index is -0.188. The van der Waals surface area contributed by atoms with Crippen molar-refractivity contribution in [1.29, 1.82) is 0 Å². The molecular weight excluding hydrogens is 104 g/mol. The Morgan fingerprint density at radius 3 is 3.25 bits per heavy atom. The van der Waals surface area contributed by atoms with E-state index in [0.29, 0.717) is 6.61 Å². The van der Waals surface area contributed by atoms with Crippen molar-refractivity contribution in [2.45, 2.75) is 6.29 Å². The Balaban J connectivity index is 2.25. The normalized spacial score (nSPS) is 25.8. The van der Waals surface area contributed by atoms with Crippen LogP contribution in [-0.4, -0.2) is 12.9 Å². The third kappa shape index (κ3) is 1.10. The minimum absolute atomic E-state index is 0.188. The Morgan fingerprint density at radius 2 is 2.75 bits per heavy atom. The monoisotopic (exact) mass is 112 g/mol. The molecule has 2 heteroatoms. The molecule has 0 aromatic rings. The molecule has 0 aliphatic carbocycles. The highest BCUT2D eigenvalue weighted by Crippen LogP contribution is 2.03. The van der Waals surface area contributed by atoms with E-state index in [1.165, 1.54) is 6.26 Å². The predicted octanol–water partition coefficient (Wildman–Crippen LogP) is 1.06. The first kappa shape index (κ1) is 5.38. The lowest BCUT2D eigenvalue weighted by molar-refractivity contribution is -0.0478. The third-order valence-corrected chi connectivity index (χ3v) is 0.880. The molecule has 0 N–H and O–H groups in total. The highest BCUT2D eigenvalue weighted by Gasteiger charge is 2.05. The van der Waals surface area contributed by atoms with Crippen LogP contribution in [0.5, 0.6) is 0 Å². The molecule has 0 spiro atoms. The van der Waals surface area contributed by atoms with Crippen LogP contribution in [0.1, 0.15) is 0 Å². The molecule has 1 unspecified atom stereocenters. The Bertz CT molecular complexity index is 107. The molecule has 1 atom stereocenters. The van der Waals surface area contributed by atoms with Gasteiger partial charge in [-0.05, 0) is 6.08 Å². The summed E-state index contributed by atoms with van der Waals surface area (Å²) in [5.41, 5.74) is 0. The van der Waals surface area contributed by atoms with Gasteiger partial charge in [0.2, 0.25) is 6.29 Å². The number of rotatable bonds is 2. The van der Waals surface area contributed by atoms with Crippen LogP contribution in [0.2, 0.25) is 0 Å². The Kier molecular flexibility index (Phi) is 1.70. The van der Waals surface area contributed by atoms with E-state index in [-0.39, 0.29) is 6.29 Å². The molecule has 1 aliphatic rings. The van der Waals surface area contributed by atoms with Crippen LogP contribution in [0.15, 0.2) is 25.0 Å². The Hall–Kier alpha value is -0.760. The first-order valence-corrected chi connectivity index (χ1v) is 2.48. The van der Waals surface area contributed by atoms with Gasteiger partial charge in [-0.25, -0.2) is 0 Å². The molecule has 1 heterocycles. The van der Waals surface area contributed by atoms with Crippen molar-refractivity contribution < 1.29 is 9.47 Å². The van der Waals surface area contributed by atoms with Gasteiger partial charge in [0.15, 0.2) is 0 Å². The van der Waals surface area contributed by atoms with E-state index in [9.17, 15) is 0 Å². The topological polar surface area (TPSA) is 18.5 Å². The van der Waals surface area contributed by atoms with E-state index in [0.717, 1.165) is 0 Å². The summed E-state index contributed by atoms with van der Waals surface area (Å²) in [6.07, 6.45) is 4.95. The van der Waals surface area contributed by atoms with Crippen LogP contribution in [0.3, 0.4) is 0 Å². The minimum Gasteiger partial charge on any atom is -0.469 e. The molecule has 0 radical (unpaired) electrons. The van der Waals surface area contributed by atoms with Crippen LogP contribution < -0.4 is 0 Å². The summed E-state index contributed by atoms with van der Waals surface area (Å²) in [5, 5.41) is 0. The Labute approximate surface area is 48.4 Å². The van der Waals surface area contributed by atoms with Gasteiger partial charge < -0.3 is 9.47 Å². The maximum atomic E-state index is 4.99. The van der Waals surface area contributed by atoms with Gasteiger partial charge in [-0.15, -0.1) is 0 Å². The molecule has 0 aromatic heterocycles. The molecule has 0 fully saturated rings. The maximum Gasteiger partial charge on any atom is 0.219 e. The summed E-state index contributed by atoms with van der Waals surface area (Å²) in [7, 11) is 0. The van der Waals surface area contributed by atoms with Gasteiger partial charge in [0, 0.05) is 0 Å². The maximum absolute atomic E-state index is 4.99. The van der Waals surface area contributed by atoms with Gasteiger partial charge >= 0.3 is 0 Å². The second kappa shape index (κ2) is 2.52. The van der Waals surface area contributed by atoms with Crippen molar-refractivity contribution >= 4 is 0 Å². The lowest BCUT2D eigenvalue weighted by atomic mass is 10.6. The second-order valence-electron chi connectivity index (χ2n) is 1.43. The summed E-state index contributed by atoms with van der Waals surface area (Å²) in [6.45, 7) is 4.04. The van der Waals surface area contributed by atoms with Gasteiger partial charge in [-0.2, -0.15) is 0 Å². The molecule has 1 rings (SSSR count). The van der Waals surface area contributed by atoms with Crippen molar-refractivity contribution in [2.24, 2.45) is 0 Å². The molecule has 0 saturated carbocycles. The van der Waals surface area contributed by atoms with Crippen molar-refractivity contribution in [3.63, 3.8) is 0 Å². The van der Waals surface area contributed by atoms with Gasteiger partial charge in [-0.3, -0.25) is 0 Å². The fourth-order valence-corrected chi connectivity index (χ4v) is 0.552. The van der Waals surface area contributed by atoms with Crippen LogP contribution in [0.25, 0.3) is 0 Å². The summed E-state index contributed by atoms with van der Waals surface area (Å²) in [6, 6.07) is 0. The van der Waals surface area contributed by atoms with Gasteiger partial charge in [0.25, 0.3) is 0 Å². The molecule has 0 amide bonds. The average Bonchev–Trinajstić information content (AvgIpc) is 2.19. The molecule has 8 heavy (non-hydrogen) atoms. The predicted molar refractivity (Wildman–Crippen MR) is 30.2 cm³/mol. The van der Waals surface area contributed by atoms with Crippen molar-refractivity contribution in [1.82, 2.24) is 0 Å². The number of hydrogen-bond acceptors (Lipinski definition) is 2. The van der Waals surface area contributed by atoms with Gasteiger partial charge in [0.1, 0.15) is 0 Å². The lowest BCUT2D eigenvalue weighted by Crippen LogP contribution is -2.04. The smallest absolute Gasteiger partial charge is 0.219 e. The van der Waals surface area contributed by atoms with Crippen molar-refractivity contribution in [3.05, 3.63) is 25.0 Å². The standard InChI is InChI=1S/C6H8O2/c1-2-7-6-4-3-5-8-6/h2-4,6H,1,5H2. The fourth-order valence-electron chi connectivity index (χ4n) is 0.552. The third-order valence-electron chi connectivity index (χ3n) is 0.880. The van der Waals surface area contributed by atoms with Crippen LogP contribution in [-0.2, 0) is 9.47 Å². The molecule has 1 aliphatic heterocycles. The number of hydrogen-bond donors (Lipinski definition) is 0. The average molecular weight is 112 g/mol. The molecule has 0 bridgehead atoms. The van der Waals surface area contributed by atoms with Crippen LogP contribution in [0.4, 0.5) is 0 Å². The van der Waals surface area contributed by atoms with Gasteiger partial charge in [-0.1, -0.05) is 12.7 Å². The van der Waals surface area contributed by atoms with E-state index < -0.39 is 0 Å². The van der Waals surface area contributed by atoms with Crippen LogP contribution >= 0.6 is 0 Å². The van der Waals surface area contributed by atoms with Crippen molar-refractivity contribution in [3.8, 4) is 0 Å². The summed E-state index contributed by atoms with van der Waals surface area (Å²) < 4.78 is 9.85. The fraction of sp³-hybridized carbons (Fsp3) is 0.333. The SMILES string of the molecule is C=COC1C=CCO1. The molecule has 2 nitrogen and oxygen atoms in total. The van der Waals surface area contributed by atoms with Crippen molar-refractivity contribution in [2.75, 3.05) is 6.61 Å². The largest absolute Gasteiger partial charge is 0.469 e. The summed E-state index contributed by atoms with van der Waals surface area (Å²) in [4.78, 5) is 0. The zero-order valence-electron chi connectivity index (χ0n) is 4.54. The Morgan fingerprint density at radius 1 is 1.88 bits per heavy atom. The zero-order chi connectivity index (χ0) is 5.82. The van der Waals surface area contributed by atoms with Crippen LogP contribution in [0, 0.1) is 0 Å². The first-order chi connectivity index (χ1) is 3.93. The quantitative estimate of drug-likeness (QED) is 0.393.